The summed E-state index contributed by atoms with van der Waals surface area (Å²) in [6.07, 6.45) is 2.44. The molecule has 1 aliphatic rings. The second kappa shape index (κ2) is 8.52. The fourth-order valence-corrected chi connectivity index (χ4v) is 4.59. The fraction of sp³-hybridized carbons (Fsp3) is 0.400. The van der Waals surface area contributed by atoms with Gasteiger partial charge in [-0.1, -0.05) is 11.6 Å². The lowest BCUT2D eigenvalue weighted by atomic mass is 10.1. The molecule has 0 saturated heterocycles. The van der Waals surface area contributed by atoms with Crippen LogP contribution in [-0.4, -0.2) is 59.2 Å². The van der Waals surface area contributed by atoms with Crippen molar-refractivity contribution in [3.05, 3.63) is 41.2 Å². The Morgan fingerprint density at radius 2 is 2.06 bits per heavy atom. The van der Waals surface area contributed by atoms with E-state index in [-0.39, 0.29) is 25.5 Å². The van der Waals surface area contributed by atoms with Crippen molar-refractivity contribution < 1.29 is 28.0 Å². The number of hydrogen-bond acceptors (Lipinski definition) is 6. The number of carbonyl (C=O) groups is 2. The standard InChI is InChI=1S/C20H24ClN3O6S/c1-4-30-15-5-6-16(17(21)10-15)13-9-14-12-23(19(26)24(14)11-13)8-7-20(2,18(25)22-27)31(3,28)29/h5-6,9-11,27H,4,7-8,12H2,1-3H3,(H,22,25). The van der Waals surface area contributed by atoms with Crippen molar-refractivity contribution in [2.24, 2.45) is 0 Å². The monoisotopic (exact) mass is 469 g/mol. The summed E-state index contributed by atoms with van der Waals surface area (Å²) in [6, 6.07) is 6.86. The number of rotatable bonds is 8. The topological polar surface area (TPSA) is 118 Å². The van der Waals surface area contributed by atoms with E-state index < -0.39 is 20.5 Å². The van der Waals surface area contributed by atoms with Crippen LogP contribution in [0.4, 0.5) is 4.79 Å². The zero-order valence-corrected chi connectivity index (χ0v) is 19.0. The van der Waals surface area contributed by atoms with Gasteiger partial charge in [-0.05, 0) is 44.5 Å². The third-order valence-electron chi connectivity index (χ3n) is 5.55. The summed E-state index contributed by atoms with van der Waals surface area (Å²) in [5, 5.41) is 9.43. The number of nitrogens with zero attached hydrogens (tertiary/aromatic N) is 2. The SMILES string of the molecule is CCOc1ccc(-c2cc3n(c2)C(=O)N(CCC(C)(C(=O)NO)S(C)(=O)=O)C3)c(Cl)c1. The molecule has 1 atom stereocenters. The first-order valence-electron chi connectivity index (χ1n) is 9.59. The Morgan fingerprint density at radius 1 is 1.35 bits per heavy atom. The van der Waals surface area contributed by atoms with Gasteiger partial charge in [-0.2, -0.15) is 0 Å². The predicted octanol–water partition coefficient (Wildman–Crippen LogP) is 2.69. The minimum atomic E-state index is -3.84. The van der Waals surface area contributed by atoms with E-state index in [0.29, 0.717) is 17.4 Å². The van der Waals surface area contributed by atoms with E-state index in [9.17, 15) is 18.0 Å². The van der Waals surface area contributed by atoms with Crippen molar-refractivity contribution in [3.8, 4) is 16.9 Å². The van der Waals surface area contributed by atoms with Gasteiger partial charge in [-0.15, -0.1) is 0 Å². The number of aromatic nitrogens is 1. The van der Waals surface area contributed by atoms with Gasteiger partial charge in [0.1, 0.15) is 5.75 Å². The lowest BCUT2D eigenvalue weighted by Crippen LogP contribution is -2.50. The second-order valence-corrected chi connectivity index (χ2v) is 10.4. The van der Waals surface area contributed by atoms with Crippen LogP contribution in [0, 0.1) is 0 Å². The van der Waals surface area contributed by atoms with E-state index in [2.05, 4.69) is 0 Å². The molecular weight excluding hydrogens is 446 g/mol. The van der Waals surface area contributed by atoms with E-state index in [4.69, 9.17) is 21.5 Å². The summed E-state index contributed by atoms with van der Waals surface area (Å²) in [4.78, 5) is 26.2. The Balaban J connectivity index is 1.77. The van der Waals surface area contributed by atoms with Crippen LogP contribution in [0.25, 0.3) is 11.1 Å². The number of carbonyl (C=O) groups excluding carboxylic acids is 2. The maximum Gasteiger partial charge on any atom is 0.328 e. The Bertz CT molecular complexity index is 1130. The van der Waals surface area contributed by atoms with E-state index in [1.54, 1.807) is 18.3 Å². The van der Waals surface area contributed by atoms with Crippen LogP contribution in [0.1, 0.15) is 26.0 Å². The second-order valence-electron chi connectivity index (χ2n) is 7.56. The molecule has 2 N–H and O–H groups in total. The summed E-state index contributed by atoms with van der Waals surface area (Å²) >= 11 is 6.37. The highest BCUT2D eigenvalue weighted by molar-refractivity contribution is 7.92. The van der Waals surface area contributed by atoms with E-state index >= 15 is 0 Å². The highest BCUT2D eigenvalue weighted by atomic mass is 35.5. The first kappa shape index (κ1) is 23.1. The molecule has 2 aromatic rings. The molecule has 2 heterocycles. The average Bonchev–Trinajstić information content (AvgIpc) is 3.24. The van der Waals surface area contributed by atoms with Gasteiger partial charge < -0.3 is 9.64 Å². The highest BCUT2D eigenvalue weighted by Gasteiger charge is 2.44. The molecule has 0 spiro atoms. The summed E-state index contributed by atoms with van der Waals surface area (Å²) in [7, 11) is -3.84. The maximum atomic E-state index is 12.8. The van der Waals surface area contributed by atoms with E-state index in [1.807, 2.05) is 19.1 Å². The van der Waals surface area contributed by atoms with Crippen molar-refractivity contribution >= 4 is 33.4 Å². The van der Waals surface area contributed by atoms with Gasteiger partial charge >= 0.3 is 6.03 Å². The molecule has 0 radical (unpaired) electrons. The molecule has 0 saturated carbocycles. The first-order valence-corrected chi connectivity index (χ1v) is 11.9. The van der Waals surface area contributed by atoms with Crippen molar-refractivity contribution in [1.82, 2.24) is 14.9 Å². The Labute approximate surface area is 185 Å². The van der Waals surface area contributed by atoms with Crippen molar-refractivity contribution in [2.45, 2.75) is 31.6 Å². The van der Waals surface area contributed by atoms with Crippen LogP contribution in [0.5, 0.6) is 5.75 Å². The smallest absolute Gasteiger partial charge is 0.328 e. The van der Waals surface area contributed by atoms with Gasteiger partial charge in [0, 0.05) is 35.8 Å². The summed E-state index contributed by atoms with van der Waals surface area (Å²) in [6.45, 7) is 3.91. The number of hydroxylamine groups is 1. The highest BCUT2D eigenvalue weighted by Crippen LogP contribution is 2.34. The normalized spacial score (nSPS) is 15.5. The number of fused-ring (bicyclic) bond motifs is 1. The number of amides is 2. The van der Waals surface area contributed by atoms with Gasteiger partial charge in [0.2, 0.25) is 0 Å². The van der Waals surface area contributed by atoms with Crippen LogP contribution in [0.3, 0.4) is 0 Å². The predicted molar refractivity (Wildman–Crippen MR) is 115 cm³/mol. The first-order chi connectivity index (χ1) is 14.5. The van der Waals surface area contributed by atoms with Crippen molar-refractivity contribution in [1.29, 1.82) is 0 Å². The summed E-state index contributed by atoms with van der Waals surface area (Å²) < 4.78 is 29.3. The molecule has 1 aromatic heterocycles. The molecule has 0 bridgehead atoms. The van der Waals surface area contributed by atoms with E-state index in [1.165, 1.54) is 21.9 Å². The molecule has 31 heavy (non-hydrogen) atoms. The molecule has 2 amide bonds. The molecule has 11 heteroatoms. The minimum Gasteiger partial charge on any atom is -0.494 e. The Kier molecular flexibility index (Phi) is 6.35. The van der Waals surface area contributed by atoms with Crippen LogP contribution in [0.15, 0.2) is 30.5 Å². The number of ether oxygens (including phenoxy) is 1. The molecule has 1 unspecified atom stereocenters. The fourth-order valence-electron chi connectivity index (χ4n) is 3.47. The van der Waals surface area contributed by atoms with Gasteiger partial charge in [0.15, 0.2) is 14.6 Å². The zero-order chi connectivity index (χ0) is 23.0. The number of sulfone groups is 1. The lowest BCUT2D eigenvalue weighted by Gasteiger charge is -2.27. The molecule has 1 aliphatic heterocycles. The Morgan fingerprint density at radius 3 is 2.61 bits per heavy atom. The van der Waals surface area contributed by atoms with E-state index in [0.717, 1.165) is 23.1 Å². The molecule has 0 fully saturated rings. The van der Waals surface area contributed by atoms with Crippen LogP contribution < -0.4 is 10.2 Å². The third kappa shape index (κ3) is 4.28. The molecule has 3 rings (SSSR count). The quantitative estimate of drug-likeness (QED) is 0.453. The van der Waals surface area contributed by atoms with Crippen LogP contribution in [-0.2, 0) is 21.2 Å². The Hall–Kier alpha value is -2.56. The molecule has 1 aromatic carbocycles. The van der Waals surface area contributed by atoms with Gasteiger partial charge in [-0.3, -0.25) is 14.6 Å². The van der Waals surface area contributed by atoms with Crippen LogP contribution >= 0.6 is 11.6 Å². The molecule has 168 valence electrons. The summed E-state index contributed by atoms with van der Waals surface area (Å²) in [5.41, 5.74) is 3.66. The molecular formula is C20H24ClN3O6S. The molecule has 9 nitrogen and oxygen atoms in total. The summed E-state index contributed by atoms with van der Waals surface area (Å²) in [5.74, 6) is -0.375. The number of benzene rings is 1. The zero-order valence-electron chi connectivity index (χ0n) is 17.4. The molecule has 0 aliphatic carbocycles. The number of hydrogen-bond donors (Lipinski definition) is 2. The van der Waals surface area contributed by atoms with Crippen LogP contribution in [0.2, 0.25) is 5.02 Å². The lowest BCUT2D eigenvalue weighted by molar-refractivity contribution is -0.131. The largest absolute Gasteiger partial charge is 0.494 e. The number of halogens is 1. The van der Waals surface area contributed by atoms with Gasteiger partial charge in [0.25, 0.3) is 5.91 Å². The minimum absolute atomic E-state index is 0.0245. The average molecular weight is 470 g/mol. The van der Waals surface area contributed by atoms with Gasteiger partial charge in [0.05, 0.1) is 18.2 Å². The maximum absolute atomic E-state index is 12.8. The third-order valence-corrected chi connectivity index (χ3v) is 7.89. The van der Waals surface area contributed by atoms with Crippen molar-refractivity contribution in [2.75, 3.05) is 19.4 Å². The number of nitrogens with one attached hydrogen (secondary N) is 1. The van der Waals surface area contributed by atoms with Crippen molar-refractivity contribution in [3.63, 3.8) is 0 Å². The van der Waals surface area contributed by atoms with Gasteiger partial charge in [-0.25, -0.2) is 18.7 Å².